The van der Waals surface area contributed by atoms with Crippen LogP contribution in [0, 0.1) is 0 Å². The van der Waals surface area contributed by atoms with Crippen LogP contribution in [0.25, 0.3) is 0 Å². The fourth-order valence-electron chi connectivity index (χ4n) is 2.73. The van der Waals surface area contributed by atoms with E-state index < -0.39 is 0 Å². The van der Waals surface area contributed by atoms with E-state index in [0.717, 1.165) is 12.2 Å². The molecule has 1 fully saturated rings. The Balaban J connectivity index is 2.15. The van der Waals surface area contributed by atoms with Gasteiger partial charge in [-0.25, -0.2) is 0 Å². The lowest BCUT2D eigenvalue weighted by Crippen LogP contribution is -2.12. The Morgan fingerprint density at radius 2 is 1.94 bits per heavy atom. The number of ether oxygens (including phenoxy) is 1. The molecule has 0 aromatic heterocycles. The number of alkyl halides is 1. The Morgan fingerprint density at radius 1 is 1.17 bits per heavy atom. The van der Waals surface area contributed by atoms with E-state index in [2.05, 4.69) is 32.0 Å². The number of benzene rings is 1. The lowest BCUT2D eigenvalue weighted by molar-refractivity contribution is 0.242. The molecule has 0 N–H and O–H groups in total. The van der Waals surface area contributed by atoms with Gasteiger partial charge in [0, 0.05) is 11.3 Å². The predicted octanol–water partition coefficient (Wildman–Crippen LogP) is 5.13. The molecule has 100 valence electrons. The average molecular weight is 267 g/mol. The van der Waals surface area contributed by atoms with Gasteiger partial charge in [-0.05, 0) is 44.4 Å². The minimum absolute atomic E-state index is 0.223. The van der Waals surface area contributed by atoms with Crippen molar-refractivity contribution in [2.24, 2.45) is 0 Å². The van der Waals surface area contributed by atoms with E-state index in [-0.39, 0.29) is 11.5 Å². The Bertz CT molecular complexity index is 375. The minimum atomic E-state index is 0.223. The quantitative estimate of drug-likeness (QED) is 0.544. The monoisotopic (exact) mass is 266 g/mol. The lowest BCUT2D eigenvalue weighted by Gasteiger charge is -2.21. The van der Waals surface area contributed by atoms with E-state index >= 15 is 0 Å². The number of rotatable bonds is 3. The largest absolute Gasteiger partial charge is 0.491 e. The van der Waals surface area contributed by atoms with E-state index in [1.165, 1.54) is 31.2 Å². The van der Waals surface area contributed by atoms with Crippen molar-refractivity contribution in [2.45, 2.75) is 63.4 Å². The lowest BCUT2D eigenvalue weighted by atomic mass is 9.91. The van der Waals surface area contributed by atoms with Crippen molar-refractivity contribution in [3.05, 3.63) is 29.8 Å². The highest BCUT2D eigenvalue weighted by Gasteiger charge is 2.23. The van der Waals surface area contributed by atoms with Crippen LogP contribution in [0.4, 0.5) is 0 Å². The second kappa shape index (κ2) is 6.47. The summed E-state index contributed by atoms with van der Waals surface area (Å²) in [6.45, 7) is 4.12. The first-order chi connectivity index (χ1) is 8.66. The standard InChI is InChI=1S/C16H23ClO/c1-12(2)18-14-8-6-7-13(11-14)15-9-4-3-5-10-16(15)17/h6-8,11-12,15-16H,3-5,9-10H2,1-2H3. The highest BCUT2D eigenvalue weighted by molar-refractivity contribution is 6.21. The minimum Gasteiger partial charge on any atom is -0.491 e. The van der Waals surface area contributed by atoms with Gasteiger partial charge in [0.25, 0.3) is 0 Å². The van der Waals surface area contributed by atoms with Crippen molar-refractivity contribution in [3.63, 3.8) is 0 Å². The van der Waals surface area contributed by atoms with Crippen molar-refractivity contribution in [3.8, 4) is 5.75 Å². The summed E-state index contributed by atoms with van der Waals surface area (Å²) >= 11 is 6.54. The maximum absolute atomic E-state index is 6.54. The fraction of sp³-hybridized carbons (Fsp3) is 0.625. The second-order valence-electron chi connectivity index (χ2n) is 5.50. The molecule has 2 unspecified atom stereocenters. The van der Waals surface area contributed by atoms with Crippen LogP contribution in [0.5, 0.6) is 5.75 Å². The van der Waals surface area contributed by atoms with Crippen LogP contribution < -0.4 is 4.74 Å². The van der Waals surface area contributed by atoms with E-state index in [1.807, 2.05) is 6.07 Å². The molecule has 1 aliphatic carbocycles. The molecule has 2 rings (SSSR count). The summed E-state index contributed by atoms with van der Waals surface area (Å²) in [6.07, 6.45) is 6.46. The summed E-state index contributed by atoms with van der Waals surface area (Å²) in [5.74, 6) is 1.46. The SMILES string of the molecule is CC(C)Oc1cccc(C2CCCCCC2Cl)c1. The first kappa shape index (κ1) is 13.7. The van der Waals surface area contributed by atoms with Gasteiger partial charge in [0.15, 0.2) is 0 Å². The maximum Gasteiger partial charge on any atom is 0.119 e. The third-order valence-corrected chi connectivity index (χ3v) is 4.11. The molecule has 0 spiro atoms. The van der Waals surface area contributed by atoms with Crippen molar-refractivity contribution >= 4 is 11.6 Å². The van der Waals surface area contributed by atoms with Crippen molar-refractivity contribution in [2.75, 3.05) is 0 Å². The zero-order valence-electron chi connectivity index (χ0n) is 11.4. The topological polar surface area (TPSA) is 9.23 Å². The summed E-state index contributed by atoms with van der Waals surface area (Å²) in [6, 6.07) is 8.48. The molecule has 2 atom stereocenters. The second-order valence-corrected chi connectivity index (χ2v) is 6.06. The molecule has 1 saturated carbocycles. The molecule has 0 saturated heterocycles. The maximum atomic E-state index is 6.54. The molecule has 1 aromatic carbocycles. The van der Waals surface area contributed by atoms with Crippen LogP contribution in [0.3, 0.4) is 0 Å². The summed E-state index contributed by atoms with van der Waals surface area (Å²) in [7, 11) is 0. The molecule has 18 heavy (non-hydrogen) atoms. The van der Waals surface area contributed by atoms with E-state index in [0.29, 0.717) is 5.92 Å². The third kappa shape index (κ3) is 3.65. The zero-order valence-corrected chi connectivity index (χ0v) is 12.1. The van der Waals surface area contributed by atoms with Crippen molar-refractivity contribution < 1.29 is 4.74 Å². The summed E-state index contributed by atoms with van der Waals surface area (Å²) in [4.78, 5) is 0. The molecule has 1 nitrogen and oxygen atoms in total. The van der Waals surface area contributed by atoms with Crippen LogP contribution >= 0.6 is 11.6 Å². The smallest absolute Gasteiger partial charge is 0.119 e. The molecule has 2 heteroatoms. The Kier molecular flexibility index (Phi) is 4.94. The van der Waals surface area contributed by atoms with Gasteiger partial charge in [0.05, 0.1) is 6.10 Å². The van der Waals surface area contributed by atoms with Gasteiger partial charge < -0.3 is 4.74 Å². The molecular formula is C16H23ClO. The summed E-state index contributed by atoms with van der Waals surface area (Å²) < 4.78 is 5.77. The molecule has 0 heterocycles. The average Bonchev–Trinajstić information content (AvgIpc) is 2.53. The highest BCUT2D eigenvalue weighted by Crippen LogP contribution is 2.36. The van der Waals surface area contributed by atoms with Crippen molar-refractivity contribution in [1.82, 2.24) is 0 Å². The first-order valence-corrected chi connectivity index (χ1v) is 7.51. The van der Waals surface area contributed by atoms with Gasteiger partial charge in [0.2, 0.25) is 0 Å². The van der Waals surface area contributed by atoms with Crippen LogP contribution in [-0.4, -0.2) is 11.5 Å². The Labute approximate surface area is 115 Å². The Hall–Kier alpha value is -0.690. The number of halogens is 1. The third-order valence-electron chi connectivity index (χ3n) is 3.59. The number of hydrogen-bond donors (Lipinski definition) is 0. The number of hydrogen-bond acceptors (Lipinski definition) is 1. The first-order valence-electron chi connectivity index (χ1n) is 7.07. The van der Waals surface area contributed by atoms with Crippen LogP contribution in [0.1, 0.15) is 57.4 Å². The van der Waals surface area contributed by atoms with E-state index in [1.54, 1.807) is 0 Å². The van der Waals surface area contributed by atoms with Crippen molar-refractivity contribution in [1.29, 1.82) is 0 Å². The molecule has 0 radical (unpaired) electrons. The van der Waals surface area contributed by atoms with Crippen LogP contribution in [0.2, 0.25) is 0 Å². The van der Waals surface area contributed by atoms with Gasteiger partial charge >= 0.3 is 0 Å². The van der Waals surface area contributed by atoms with Crippen LogP contribution in [-0.2, 0) is 0 Å². The normalized spacial score (nSPS) is 24.9. The molecule has 1 aromatic rings. The van der Waals surface area contributed by atoms with E-state index in [9.17, 15) is 0 Å². The Morgan fingerprint density at radius 3 is 2.72 bits per heavy atom. The zero-order chi connectivity index (χ0) is 13.0. The molecular weight excluding hydrogens is 244 g/mol. The van der Waals surface area contributed by atoms with Gasteiger partial charge in [0.1, 0.15) is 5.75 Å². The summed E-state index contributed by atoms with van der Waals surface area (Å²) in [5.41, 5.74) is 1.34. The van der Waals surface area contributed by atoms with E-state index in [4.69, 9.17) is 16.3 Å². The van der Waals surface area contributed by atoms with Gasteiger partial charge in [-0.1, -0.05) is 31.4 Å². The predicted molar refractivity (Wildman–Crippen MR) is 77.7 cm³/mol. The summed E-state index contributed by atoms with van der Waals surface area (Å²) in [5, 5.41) is 0.279. The highest BCUT2D eigenvalue weighted by atomic mass is 35.5. The molecule has 0 bridgehead atoms. The van der Waals surface area contributed by atoms with Gasteiger partial charge in [-0.15, -0.1) is 11.6 Å². The van der Waals surface area contributed by atoms with Gasteiger partial charge in [-0.3, -0.25) is 0 Å². The molecule has 0 amide bonds. The molecule has 0 aliphatic heterocycles. The van der Waals surface area contributed by atoms with Gasteiger partial charge in [-0.2, -0.15) is 0 Å². The molecule has 1 aliphatic rings. The van der Waals surface area contributed by atoms with Crippen LogP contribution in [0.15, 0.2) is 24.3 Å². The fourth-order valence-corrected chi connectivity index (χ4v) is 3.15.